The number of benzene rings is 1. The highest BCUT2D eigenvalue weighted by molar-refractivity contribution is 5.92. The number of hydrogen-bond acceptors (Lipinski definition) is 4. The van der Waals surface area contributed by atoms with E-state index in [0.717, 1.165) is 25.2 Å². The quantitative estimate of drug-likeness (QED) is 0.861. The Morgan fingerprint density at radius 1 is 1.38 bits per heavy atom. The van der Waals surface area contributed by atoms with Crippen molar-refractivity contribution in [3.63, 3.8) is 0 Å². The summed E-state index contributed by atoms with van der Waals surface area (Å²) in [6.07, 6.45) is 6.57. The molecule has 0 unspecified atom stereocenters. The van der Waals surface area contributed by atoms with Gasteiger partial charge in [-0.05, 0) is 57.1 Å². The maximum Gasteiger partial charge on any atom is 0.248 e. The van der Waals surface area contributed by atoms with Gasteiger partial charge < -0.3 is 10.6 Å². The zero-order valence-electron chi connectivity index (χ0n) is 15.9. The molecule has 0 saturated carbocycles. The number of likely N-dealkylation sites (tertiary alicyclic amines) is 1. The highest BCUT2D eigenvalue weighted by atomic mass is 16.1. The monoisotopic (exact) mass is 355 g/mol. The number of carbonyl (C=O) groups excluding carboxylic acids is 1. The van der Waals surface area contributed by atoms with E-state index < -0.39 is 0 Å². The van der Waals surface area contributed by atoms with E-state index in [4.69, 9.17) is 5.73 Å². The number of aromatic nitrogens is 2. The molecule has 1 aromatic carbocycles. The van der Waals surface area contributed by atoms with Gasteiger partial charge in [0, 0.05) is 43.5 Å². The van der Waals surface area contributed by atoms with Gasteiger partial charge in [0.1, 0.15) is 0 Å². The third kappa shape index (κ3) is 4.31. The molecular formula is C20H29N5O. The number of amides is 1. The average molecular weight is 355 g/mol. The van der Waals surface area contributed by atoms with Crippen LogP contribution in [0.4, 0.5) is 0 Å². The third-order valence-corrected chi connectivity index (χ3v) is 5.28. The Labute approximate surface area is 155 Å². The molecule has 26 heavy (non-hydrogen) atoms. The molecule has 140 valence electrons. The van der Waals surface area contributed by atoms with Crippen LogP contribution in [0.25, 0.3) is 0 Å². The third-order valence-electron chi connectivity index (χ3n) is 5.28. The van der Waals surface area contributed by atoms with Crippen molar-refractivity contribution in [1.29, 1.82) is 0 Å². The molecule has 2 aromatic rings. The largest absolute Gasteiger partial charge is 0.366 e. The fourth-order valence-corrected chi connectivity index (χ4v) is 4.17. The van der Waals surface area contributed by atoms with Gasteiger partial charge in [-0.25, -0.2) is 0 Å². The Bertz CT molecular complexity index is 756. The second kappa shape index (κ2) is 8.01. The number of aryl methyl sites for hydroxylation is 1. The first-order valence-electron chi connectivity index (χ1n) is 9.20. The van der Waals surface area contributed by atoms with Crippen molar-refractivity contribution >= 4 is 5.91 Å². The summed E-state index contributed by atoms with van der Waals surface area (Å²) in [5.74, 6) is 0.183. The highest BCUT2D eigenvalue weighted by Gasteiger charge is 2.32. The molecule has 0 radical (unpaired) electrons. The molecular weight excluding hydrogens is 326 g/mol. The van der Waals surface area contributed by atoms with E-state index in [0.29, 0.717) is 17.5 Å². The molecule has 1 amide bonds. The summed E-state index contributed by atoms with van der Waals surface area (Å²) in [5, 5.41) is 4.37. The topological polar surface area (TPSA) is 67.4 Å². The second-order valence-corrected chi connectivity index (χ2v) is 7.54. The van der Waals surface area contributed by atoms with Crippen LogP contribution in [0.3, 0.4) is 0 Å². The Balaban J connectivity index is 1.69. The predicted molar refractivity (Wildman–Crippen MR) is 103 cm³/mol. The maximum absolute atomic E-state index is 11.4. The summed E-state index contributed by atoms with van der Waals surface area (Å²) >= 11 is 0. The minimum Gasteiger partial charge on any atom is -0.366 e. The summed E-state index contributed by atoms with van der Waals surface area (Å²) in [7, 11) is 6.32. The number of nitrogens with zero attached hydrogens (tertiary/aromatic N) is 4. The van der Waals surface area contributed by atoms with Crippen LogP contribution >= 0.6 is 0 Å². The minimum absolute atomic E-state index is 0.375. The van der Waals surface area contributed by atoms with Crippen molar-refractivity contribution < 1.29 is 4.79 Å². The lowest BCUT2D eigenvalue weighted by Crippen LogP contribution is -2.40. The van der Waals surface area contributed by atoms with Gasteiger partial charge in [0.05, 0.1) is 6.20 Å². The van der Waals surface area contributed by atoms with E-state index in [2.05, 4.69) is 41.3 Å². The van der Waals surface area contributed by atoms with E-state index in [9.17, 15) is 4.79 Å². The lowest BCUT2D eigenvalue weighted by molar-refractivity contribution is 0.0925. The van der Waals surface area contributed by atoms with E-state index in [1.807, 2.05) is 30.1 Å². The molecule has 6 heteroatoms. The minimum atomic E-state index is -0.375. The maximum atomic E-state index is 11.4. The number of carbonyl (C=O) groups is 1. The zero-order chi connectivity index (χ0) is 18.7. The smallest absolute Gasteiger partial charge is 0.248 e. The van der Waals surface area contributed by atoms with Crippen LogP contribution in [0.1, 0.15) is 40.4 Å². The molecule has 1 fully saturated rings. The zero-order valence-corrected chi connectivity index (χ0v) is 15.9. The standard InChI is InChI=1S/C20H29N5O/c1-23(12-15-6-4-7-16(10-15)20(21)26)13-17-8-5-9-24(2)19(17)18-11-22-25(3)14-18/h4,6-7,10-11,14,17,19H,5,8-9,12-13H2,1-3H3,(H2,21,26)/t17-,19+/m0/s1. The van der Waals surface area contributed by atoms with Gasteiger partial charge in [0.2, 0.25) is 5.91 Å². The Hall–Kier alpha value is -2.18. The van der Waals surface area contributed by atoms with Crippen molar-refractivity contribution in [3.8, 4) is 0 Å². The number of piperidine rings is 1. The summed E-state index contributed by atoms with van der Waals surface area (Å²) in [5.41, 5.74) is 8.38. The van der Waals surface area contributed by atoms with Gasteiger partial charge in [0.15, 0.2) is 0 Å². The van der Waals surface area contributed by atoms with Crippen molar-refractivity contribution in [2.75, 3.05) is 27.2 Å². The molecule has 1 aromatic heterocycles. The van der Waals surface area contributed by atoms with Crippen molar-refractivity contribution in [1.82, 2.24) is 19.6 Å². The van der Waals surface area contributed by atoms with Gasteiger partial charge in [0.25, 0.3) is 0 Å². The molecule has 2 atom stereocenters. The SMILES string of the molecule is CN(Cc1cccc(C(N)=O)c1)C[C@@H]1CCCN(C)[C@H]1c1cnn(C)c1. The Morgan fingerprint density at radius 3 is 2.88 bits per heavy atom. The van der Waals surface area contributed by atoms with Crippen molar-refractivity contribution in [2.24, 2.45) is 18.7 Å². The van der Waals surface area contributed by atoms with E-state index >= 15 is 0 Å². The molecule has 2 N–H and O–H groups in total. The normalized spacial score (nSPS) is 21.2. The van der Waals surface area contributed by atoms with Gasteiger partial charge in [-0.2, -0.15) is 5.10 Å². The molecule has 1 saturated heterocycles. The lowest BCUT2D eigenvalue weighted by Gasteiger charge is -2.40. The van der Waals surface area contributed by atoms with Crippen LogP contribution in [0.5, 0.6) is 0 Å². The van der Waals surface area contributed by atoms with E-state index in [-0.39, 0.29) is 5.91 Å². The number of hydrogen-bond donors (Lipinski definition) is 1. The average Bonchev–Trinajstić information content (AvgIpc) is 3.01. The number of primary amides is 1. The van der Waals surface area contributed by atoms with Crippen LogP contribution in [0, 0.1) is 5.92 Å². The van der Waals surface area contributed by atoms with Gasteiger partial charge in [-0.15, -0.1) is 0 Å². The summed E-state index contributed by atoms with van der Waals surface area (Å²) in [6, 6.07) is 8.01. The number of nitrogens with two attached hydrogens (primary N) is 1. The van der Waals surface area contributed by atoms with Crippen LogP contribution in [-0.4, -0.2) is 52.7 Å². The van der Waals surface area contributed by atoms with Crippen LogP contribution in [0.2, 0.25) is 0 Å². The van der Waals surface area contributed by atoms with Crippen LogP contribution in [0.15, 0.2) is 36.7 Å². The highest BCUT2D eigenvalue weighted by Crippen LogP contribution is 2.35. The summed E-state index contributed by atoms with van der Waals surface area (Å²) < 4.78 is 1.88. The molecule has 1 aliphatic rings. The Morgan fingerprint density at radius 2 is 2.19 bits per heavy atom. The second-order valence-electron chi connectivity index (χ2n) is 7.54. The lowest BCUT2D eigenvalue weighted by atomic mass is 9.85. The van der Waals surface area contributed by atoms with E-state index in [1.165, 1.54) is 18.4 Å². The molecule has 0 aliphatic carbocycles. The first kappa shape index (κ1) is 18.6. The van der Waals surface area contributed by atoms with Crippen molar-refractivity contribution in [3.05, 3.63) is 53.3 Å². The summed E-state index contributed by atoms with van der Waals surface area (Å²) in [6.45, 7) is 2.94. The van der Waals surface area contributed by atoms with Crippen molar-refractivity contribution in [2.45, 2.75) is 25.4 Å². The molecule has 2 heterocycles. The molecule has 1 aliphatic heterocycles. The van der Waals surface area contributed by atoms with Gasteiger partial charge >= 0.3 is 0 Å². The van der Waals surface area contributed by atoms with Crippen LogP contribution in [-0.2, 0) is 13.6 Å². The predicted octanol–water partition coefficient (Wildman–Crippen LogP) is 2.03. The van der Waals surface area contributed by atoms with Crippen LogP contribution < -0.4 is 5.73 Å². The first-order valence-corrected chi connectivity index (χ1v) is 9.20. The molecule has 6 nitrogen and oxygen atoms in total. The first-order chi connectivity index (χ1) is 12.4. The molecule has 3 rings (SSSR count). The summed E-state index contributed by atoms with van der Waals surface area (Å²) in [4.78, 5) is 16.2. The van der Waals surface area contributed by atoms with Gasteiger partial charge in [-0.1, -0.05) is 12.1 Å². The van der Waals surface area contributed by atoms with E-state index in [1.54, 1.807) is 6.07 Å². The fourth-order valence-electron chi connectivity index (χ4n) is 4.17. The van der Waals surface area contributed by atoms with Gasteiger partial charge in [-0.3, -0.25) is 14.4 Å². The fraction of sp³-hybridized carbons (Fsp3) is 0.500. The molecule has 0 spiro atoms. The number of rotatable bonds is 6. The Kier molecular flexibility index (Phi) is 5.74. The molecule has 0 bridgehead atoms.